The number of aromatic nitrogens is 1. The summed E-state index contributed by atoms with van der Waals surface area (Å²) in [7, 11) is 1.65. The van der Waals surface area contributed by atoms with Gasteiger partial charge in [0.2, 0.25) is 11.8 Å². The minimum atomic E-state index is -0.131. The van der Waals surface area contributed by atoms with Gasteiger partial charge in [0.05, 0.1) is 19.6 Å². The third kappa shape index (κ3) is 2.40. The van der Waals surface area contributed by atoms with Gasteiger partial charge in [0.25, 0.3) is 0 Å². The number of benzene rings is 1. The quantitative estimate of drug-likeness (QED) is 0.852. The zero-order valence-corrected chi connectivity index (χ0v) is 13.9. The van der Waals surface area contributed by atoms with Crippen molar-refractivity contribution in [3.63, 3.8) is 0 Å². The molecule has 0 bridgehead atoms. The maximum Gasteiger partial charge on any atom is 0.238 e. The van der Waals surface area contributed by atoms with Gasteiger partial charge in [0.1, 0.15) is 17.5 Å². The lowest BCUT2D eigenvalue weighted by Crippen LogP contribution is -2.44. The molecular formula is C19H20N2O3. The summed E-state index contributed by atoms with van der Waals surface area (Å²) in [5, 5.41) is 0. The molecule has 0 radical (unpaired) electrons. The Bertz CT molecular complexity index is 790. The first-order chi connectivity index (χ1) is 11.7. The highest BCUT2D eigenvalue weighted by Crippen LogP contribution is 2.39. The molecule has 1 aliphatic heterocycles. The largest absolute Gasteiger partial charge is 0.497 e. The monoisotopic (exact) mass is 324 g/mol. The van der Waals surface area contributed by atoms with Gasteiger partial charge >= 0.3 is 0 Å². The Morgan fingerprint density at radius 3 is 3.08 bits per heavy atom. The van der Waals surface area contributed by atoms with Gasteiger partial charge in [-0.15, -0.1) is 0 Å². The summed E-state index contributed by atoms with van der Waals surface area (Å²) in [5.74, 6) is 1.32. The van der Waals surface area contributed by atoms with Gasteiger partial charge in [-0.05, 0) is 55.2 Å². The summed E-state index contributed by atoms with van der Waals surface area (Å²) >= 11 is 0. The van der Waals surface area contributed by atoms with Crippen molar-refractivity contribution in [3.8, 4) is 11.6 Å². The average Bonchev–Trinajstić information content (AvgIpc) is 3.03. The molecule has 2 aliphatic rings. The molecule has 5 heteroatoms. The van der Waals surface area contributed by atoms with Crippen LogP contribution in [0, 0.1) is 0 Å². The zero-order valence-electron chi connectivity index (χ0n) is 13.9. The van der Waals surface area contributed by atoms with E-state index in [2.05, 4.69) is 11.1 Å². The molecule has 0 fully saturated rings. The number of carbonyl (C=O) groups excluding carboxylic acids is 1. The Kier molecular flexibility index (Phi) is 3.63. The Labute approximate surface area is 141 Å². The summed E-state index contributed by atoms with van der Waals surface area (Å²) in [6.45, 7) is 2.51. The fraction of sp³-hybridized carbons (Fsp3) is 0.368. The Morgan fingerprint density at radius 2 is 2.25 bits per heavy atom. The van der Waals surface area contributed by atoms with Crippen molar-refractivity contribution in [2.45, 2.75) is 31.8 Å². The third-order valence-electron chi connectivity index (χ3n) is 4.79. The van der Waals surface area contributed by atoms with Crippen LogP contribution in [0.25, 0.3) is 0 Å². The molecule has 1 amide bonds. The van der Waals surface area contributed by atoms with Crippen molar-refractivity contribution in [2.75, 3.05) is 18.6 Å². The van der Waals surface area contributed by atoms with Gasteiger partial charge in [0, 0.05) is 6.20 Å². The second-order valence-electron chi connectivity index (χ2n) is 6.36. The number of amides is 1. The van der Waals surface area contributed by atoms with Gasteiger partial charge < -0.3 is 14.4 Å². The topological polar surface area (TPSA) is 51.7 Å². The molecule has 0 saturated carbocycles. The molecule has 1 aliphatic carbocycles. The first kappa shape index (κ1) is 15.0. The number of fused-ring (bicyclic) bond motifs is 2. The van der Waals surface area contributed by atoms with Crippen molar-refractivity contribution in [2.24, 2.45) is 0 Å². The highest BCUT2D eigenvalue weighted by atomic mass is 16.5. The van der Waals surface area contributed by atoms with Gasteiger partial charge in [-0.2, -0.15) is 0 Å². The number of aryl methyl sites for hydroxylation is 1. The number of ether oxygens (including phenoxy) is 2. The van der Waals surface area contributed by atoms with Crippen LogP contribution in [0.5, 0.6) is 11.6 Å². The van der Waals surface area contributed by atoms with Crippen LogP contribution in [0.1, 0.15) is 30.4 Å². The van der Waals surface area contributed by atoms with Gasteiger partial charge in [-0.25, -0.2) is 4.98 Å². The molecular weight excluding hydrogens is 304 g/mol. The van der Waals surface area contributed by atoms with Crippen LogP contribution in [0.4, 0.5) is 5.69 Å². The normalized spacial score (nSPS) is 21.7. The fourth-order valence-electron chi connectivity index (χ4n) is 3.62. The van der Waals surface area contributed by atoms with E-state index in [1.807, 2.05) is 36.1 Å². The Balaban J connectivity index is 1.69. The summed E-state index contributed by atoms with van der Waals surface area (Å²) in [6.07, 6.45) is 3.38. The van der Waals surface area contributed by atoms with Gasteiger partial charge in [-0.1, -0.05) is 6.07 Å². The number of pyridine rings is 1. The van der Waals surface area contributed by atoms with Crippen molar-refractivity contribution >= 4 is 11.6 Å². The SMILES string of the molecule is COc1ccc2c(c1)C(C(=O)N1CC(C)Oc3ncccc31)CC2. The molecule has 0 spiro atoms. The van der Waals surface area contributed by atoms with E-state index in [0.29, 0.717) is 12.4 Å². The standard InChI is InChI=1S/C19H20N2O3/c1-12-11-21(17-4-3-9-20-18(17)24-12)19(22)15-8-6-13-5-7-14(23-2)10-16(13)15/h3-5,7,9-10,12,15H,6,8,11H2,1-2H3. The predicted molar refractivity (Wildman–Crippen MR) is 90.7 cm³/mol. The van der Waals surface area contributed by atoms with E-state index in [9.17, 15) is 4.79 Å². The number of rotatable bonds is 2. The molecule has 2 heterocycles. The summed E-state index contributed by atoms with van der Waals surface area (Å²) in [5.41, 5.74) is 3.09. The molecule has 1 aromatic heterocycles. The van der Waals surface area contributed by atoms with E-state index in [-0.39, 0.29) is 17.9 Å². The van der Waals surface area contributed by atoms with Crippen molar-refractivity contribution in [3.05, 3.63) is 47.7 Å². The van der Waals surface area contributed by atoms with Gasteiger partial charge in [0.15, 0.2) is 0 Å². The minimum absolute atomic E-state index is 0.0671. The third-order valence-corrected chi connectivity index (χ3v) is 4.79. The van der Waals surface area contributed by atoms with Crippen LogP contribution in [0.15, 0.2) is 36.5 Å². The highest BCUT2D eigenvalue weighted by molar-refractivity contribution is 6.00. The number of methoxy groups -OCH3 is 1. The minimum Gasteiger partial charge on any atom is -0.497 e. The number of nitrogens with zero attached hydrogens (tertiary/aromatic N) is 2. The first-order valence-electron chi connectivity index (χ1n) is 8.27. The lowest BCUT2D eigenvalue weighted by Gasteiger charge is -2.34. The van der Waals surface area contributed by atoms with Crippen LogP contribution < -0.4 is 14.4 Å². The Hall–Kier alpha value is -2.56. The molecule has 24 heavy (non-hydrogen) atoms. The van der Waals surface area contributed by atoms with E-state index in [4.69, 9.17) is 9.47 Å². The van der Waals surface area contributed by atoms with Gasteiger partial charge in [-0.3, -0.25) is 4.79 Å². The average molecular weight is 324 g/mol. The van der Waals surface area contributed by atoms with E-state index >= 15 is 0 Å². The maximum atomic E-state index is 13.3. The fourth-order valence-corrected chi connectivity index (χ4v) is 3.62. The number of hydrogen-bond donors (Lipinski definition) is 0. The Morgan fingerprint density at radius 1 is 1.38 bits per heavy atom. The zero-order chi connectivity index (χ0) is 16.7. The van der Waals surface area contributed by atoms with Crippen molar-refractivity contribution in [1.82, 2.24) is 4.98 Å². The summed E-state index contributed by atoms with van der Waals surface area (Å²) < 4.78 is 11.1. The summed E-state index contributed by atoms with van der Waals surface area (Å²) in [6, 6.07) is 9.76. The number of carbonyl (C=O) groups is 1. The van der Waals surface area contributed by atoms with E-state index in [0.717, 1.165) is 29.8 Å². The molecule has 2 aromatic rings. The molecule has 124 valence electrons. The van der Waals surface area contributed by atoms with Crippen LogP contribution >= 0.6 is 0 Å². The predicted octanol–water partition coefficient (Wildman–Crippen LogP) is 2.93. The van der Waals surface area contributed by atoms with Crippen LogP contribution in [0.3, 0.4) is 0 Å². The molecule has 4 rings (SSSR count). The lowest BCUT2D eigenvalue weighted by atomic mass is 9.98. The maximum absolute atomic E-state index is 13.3. The molecule has 2 atom stereocenters. The molecule has 5 nitrogen and oxygen atoms in total. The smallest absolute Gasteiger partial charge is 0.238 e. The van der Waals surface area contributed by atoms with Crippen molar-refractivity contribution in [1.29, 1.82) is 0 Å². The van der Waals surface area contributed by atoms with Crippen LogP contribution in [-0.4, -0.2) is 30.6 Å². The molecule has 0 N–H and O–H groups in total. The highest BCUT2D eigenvalue weighted by Gasteiger charge is 2.36. The first-order valence-corrected chi connectivity index (χ1v) is 8.27. The molecule has 2 unspecified atom stereocenters. The second-order valence-corrected chi connectivity index (χ2v) is 6.36. The lowest BCUT2D eigenvalue weighted by molar-refractivity contribution is -0.120. The van der Waals surface area contributed by atoms with Crippen LogP contribution in [-0.2, 0) is 11.2 Å². The van der Waals surface area contributed by atoms with E-state index in [1.54, 1.807) is 13.3 Å². The second kappa shape index (κ2) is 5.82. The molecule has 1 aromatic carbocycles. The number of hydrogen-bond acceptors (Lipinski definition) is 4. The summed E-state index contributed by atoms with van der Waals surface area (Å²) in [4.78, 5) is 19.4. The van der Waals surface area contributed by atoms with E-state index in [1.165, 1.54) is 5.56 Å². The van der Waals surface area contributed by atoms with Crippen LogP contribution in [0.2, 0.25) is 0 Å². The number of anilines is 1. The van der Waals surface area contributed by atoms with Crippen molar-refractivity contribution < 1.29 is 14.3 Å². The molecule has 0 saturated heterocycles. The van der Waals surface area contributed by atoms with E-state index < -0.39 is 0 Å².